The summed E-state index contributed by atoms with van der Waals surface area (Å²) in [5.74, 6) is -1.25. The summed E-state index contributed by atoms with van der Waals surface area (Å²) in [7, 11) is 0. The molecule has 0 amide bonds. The molecular formula is C12H12BrClF3N. The number of anilines is 1. The van der Waals surface area contributed by atoms with E-state index < -0.39 is 12.1 Å². The summed E-state index contributed by atoms with van der Waals surface area (Å²) in [5, 5.41) is 1.19. The molecule has 100 valence electrons. The number of alkyl halides is 4. The maximum Gasteiger partial charge on any atom is 0.393 e. The Hall–Kier alpha value is -0.420. The van der Waals surface area contributed by atoms with E-state index >= 15 is 0 Å². The molecule has 0 aromatic heterocycles. The average molecular weight is 343 g/mol. The lowest BCUT2D eigenvalue weighted by Gasteiger charge is -2.21. The lowest BCUT2D eigenvalue weighted by atomic mass is 10.1. The Morgan fingerprint density at radius 3 is 2.61 bits per heavy atom. The first-order chi connectivity index (χ1) is 8.41. The fourth-order valence-electron chi connectivity index (χ4n) is 2.14. The van der Waals surface area contributed by atoms with Crippen LogP contribution in [-0.4, -0.2) is 19.3 Å². The smallest absolute Gasteiger partial charge is 0.370 e. The summed E-state index contributed by atoms with van der Waals surface area (Å²) < 4.78 is 37.8. The number of halogens is 5. The first-order valence-electron chi connectivity index (χ1n) is 5.58. The van der Waals surface area contributed by atoms with E-state index in [1.807, 2.05) is 6.07 Å². The van der Waals surface area contributed by atoms with Gasteiger partial charge >= 0.3 is 6.18 Å². The maximum atomic E-state index is 12.6. The minimum absolute atomic E-state index is 0.00310. The SMILES string of the molecule is FC(F)(F)C1CCN(c2ccc(CBr)cc2Cl)C1. The molecule has 1 unspecified atom stereocenters. The van der Waals surface area contributed by atoms with Crippen molar-refractivity contribution in [1.29, 1.82) is 0 Å². The first kappa shape index (κ1) is 14.0. The highest BCUT2D eigenvalue weighted by molar-refractivity contribution is 9.08. The van der Waals surface area contributed by atoms with Gasteiger partial charge < -0.3 is 4.90 Å². The molecule has 1 atom stereocenters. The normalized spacial score (nSPS) is 20.5. The van der Waals surface area contributed by atoms with Crippen molar-refractivity contribution >= 4 is 33.2 Å². The van der Waals surface area contributed by atoms with E-state index in [0.717, 1.165) is 5.56 Å². The maximum absolute atomic E-state index is 12.6. The minimum atomic E-state index is -4.11. The Morgan fingerprint density at radius 2 is 2.11 bits per heavy atom. The van der Waals surface area contributed by atoms with Gasteiger partial charge in [-0.3, -0.25) is 0 Å². The predicted molar refractivity (Wildman–Crippen MR) is 70.5 cm³/mol. The fraction of sp³-hybridized carbons (Fsp3) is 0.500. The van der Waals surface area contributed by atoms with Crippen molar-refractivity contribution in [3.8, 4) is 0 Å². The minimum Gasteiger partial charge on any atom is -0.370 e. The molecular weight excluding hydrogens is 330 g/mol. The zero-order chi connectivity index (χ0) is 13.3. The summed E-state index contributed by atoms with van der Waals surface area (Å²) in [6, 6.07) is 5.45. The summed E-state index contributed by atoms with van der Waals surface area (Å²) >= 11 is 9.42. The second-order valence-electron chi connectivity index (χ2n) is 4.39. The molecule has 0 N–H and O–H groups in total. The summed E-state index contributed by atoms with van der Waals surface area (Å²) in [4.78, 5) is 1.71. The van der Waals surface area contributed by atoms with Crippen LogP contribution in [0, 0.1) is 5.92 Å². The van der Waals surface area contributed by atoms with Gasteiger partial charge in [0.05, 0.1) is 16.6 Å². The van der Waals surface area contributed by atoms with E-state index in [-0.39, 0.29) is 13.0 Å². The molecule has 1 saturated heterocycles. The molecule has 0 spiro atoms. The van der Waals surface area contributed by atoms with Crippen LogP contribution in [0.25, 0.3) is 0 Å². The van der Waals surface area contributed by atoms with Crippen molar-refractivity contribution in [2.45, 2.75) is 17.9 Å². The molecule has 0 bridgehead atoms. The van der Waals surface area contributed by atoms with Crippen LogP contribution in [0.3, 0.4) is 0 Å². The molecule has 6 heteroatoms. The zero-order valence-electron chi connectivity index (χ0n) is 9.47. The Labute approximate surface area is 117 Å². The molecule has 1 fully saturated rings. The number of hydrogen-bond donors (Lipinski definition) is 0. The highest BCUT2D eigenvalue weighted by Gasteiger charge is 2.43. The van der Waals surface area contributed by atoms with Gasteiger partial charge in [0.15, 0.2) is 0 Å². The Morgan fingerprint density at radius 1 is 1.39 bits per heavy atom. The van der Waals surface area contributed by atoms with E-state index in [4.69, 9.17) is 11.6 Å². The highest BCUT2D eigenvalue weighted by Crippen LogP contribution is 2.37. The number of rotatable bonds is 2. The van der Waals surface area contributed by atoms with E-state index in [1.54, 1.807) is 17.0 Å². The van der Waals surface area contributed by atoms with Crippen molar-refractivity contribution in [3.63, 3.8) is 0 Å². The Balaban J connectivity index is 2.14. The van der Waals surface area contributed by atoms with E-state index in [9.17, 15) is 13.2 Å². The van der Waals surface area contributed by atoms with Gasteiger partial charge in [-0.2, -0.15) is 13.2 Å². The van der Waals surface area contributed by atoms with Gasteiger partial charge in [-0.15, -0.1) is 0 Å². The summed E-state index contributed by atoms with van der Waals surface area (Å²) in [6.45, 7) is 0.397. The summed E-state index contributed by atoms with van der Waals surface area (Å²) in [5.41, 5.74) is 1.70. The van der Waals surface area contributed by atoms with Crippen LogP contribution in [0.15, 0.2) is 18.2 Å². The standard InChI is InChI=1S/C12H12BrClF3N/c13-6-8-1-2-11(10(14)5-8)18-4-3-9(7-18)12(15,16)17/h1-2,5,9H,3-4,6-7H2. The highest BCUT2D eigenvalue weighted by atomic mass is 79.9. The molecule has 1 nitrogen and oxygen atoms in total. The average Bonchev–Trinajstić information content (AvgIpc) is 2.77. The third-order valence-electron chi connectivity index (χ3n) is 3.16. The molecule has 1 aromatic rings. The monoisotopic (exact) mass is 341 g/mol. The van der Waals surface area contributed by atoms with Crippen LogP contribution in [0.1, 0.15) is 12.0 Å². The van der Waals surface area contributed by atoms with Gasteiger partial charge in [0.25, 0.3) is 0 Å². The molecule has 1 aliphatic rings. The quantitative estimate of drug-likeness (QED) is 0.709. The van der Waals surface area contributed by atoms with Crippen molar-refractivity contribution in [2.24, 2.45) is 5.92 Å². The molecule has 18 heavy (non-hydrogen) atoms. The van der Waals surface area contributed by atoms with Crippen LogP contribution in [0.4, 0.5) is 18.9 Å². The van der Waals surface area contributed by atoms with E-state index in [2.05, 4.69) is 15.9 Å². The zero-order valence-corrected chi connectivity index (χ0v) is 11.8. The molecule has 1 heterocycles. The van der Waals surface area contributed by atoms with Crippen LogP contribution in [0.5, 0.6) is 0 Å². The summed E-state index contributed by atoms with van der Waals surface area (Å²) in [6.07, 6.45) is -3.98. The van der Waals surface area contributed by atoms with Gasteiger partial charge in [0, 0.05) is 18.4 Å². The second-order valence-corrected chi connectivity index (χ2v) is 5.36. The molecule has 1 aromatic carbocycles. The van der Waals surface area contributed by atoms with Gasteiger partial charge in [-0.1, -0.05) is 33.6 Å². The Kier molecular flexibility index (Phi) is 4.11. The van der Waals surface area contributed by atoms with Crippen molar-refractivity contribution in [3.05, 3.63) is 28.8 Å². The van der Waals surface area contributed by atoms with E-state index in [1.165, 1.54) is 0 Å². The lowest BCUT2D eigenvalue weighted by molar-refractivity contribution is -0.168. The number of benzene rings is 1. The predicted octanol–water partition coefficient (Wildman–Crippen LogP) is 4.62. The number of nitrogens with zero attached hydrogens (tertiary/aromatic N) is 1. The van der Waals surface area contributed by atoms with Crippen LogP contribution >= 0.6 is 27.5 Å². The van der Waals surface area contributed by atoms with Crippen molar-refractivity contribution in [1.82, 2.24) is 0 Å². The molecule has 0 radical (unpaired) electrons. The molecule has 1 aliphatic heterocycles. The number of hydrogen-bond acceptors (Lipinski definition) is 1. The van der Waals surface area contributed by atoms with Gasteiger partial charge in [0.1, 0.15) is 0 Å². The van der Waals surface area contributed by atoms with Crippen LogP contribution in [0.2, 0.25) is 5.02 Å². The van der Waals surface area contributed by atoms with Crippen molar-refractivity contribution < 1.29 is 13.2 Å². The van der Waals surface area contributed by atoms with Crippen LogP contribution < -0.4 is 4.90 Å². The second kappa shape index (κ2) is 5.29. The molecule has 0 aliphatic carbocycles. The molecule has 2 rings (SSSR count). The van der Waals surface area contributed by atoms with Crippen molar-refractivity contribution in [2.75, 3.05) is 18.0 Å². The largest absolute Gasteiger partial charge is 0.393 e. The lowest BCUT2D eigenvalue weighted by Crippen LogP contribution is -2.27. The topological polar surface area (TPSA) is 3.24 Å². The first-order valence-corrected chi connectivity index (χ1v) is 7.08. The Bertz CT molecular complexity index is 436. The van der Waals surface area contributed by atoms with Gasteiger partial charge in [-0.05, 0) is 24.1 Å². The van der Waals surface area contributed by atoms with Gasteiger partial charge in [-0.25, -0.2) is 0 Å². The molecule has 0 saturated carbocycles. The fourth-order valence-corrected chi connectivity index (χ4v) is 2.81. The third kappa shape index (κ3) is 2.94. The van der Waals surface area contributed by atoms with Gasteiger partial charge in [0.2, 0.25) is 0 Å². The van der Waals surface area contributed by atoms with E-state index in [0.29, 0.717) is 22.6 Å². The van der Waals surface area contributed by atoms with Crippen LogP contribution in [-0.2, 0) is 5.33 Å². The third-order valence-corrected chi connectivity index (χ3v) is 4.11.